The minimum atomic E-state index is -0.179. The van der Waals surface area contributed by atoms with E-state index in [0.717, 1.165) is 18.5 Å². The van der Waals surface area contributed by atoms with Gasteiger partial charge in [-0.3, -0.25) is 4.79 Å². The first kappa shape index (κ1) is 24.1. The second-order valence-corrected chi connectivity index (χ2v) is 6.39. The van der Waals surface area contributed by atoms with Crippen LogP contribution in [0.4, 0.5) is 0 Å². The Labute approximate surface area is 178 Å². The highest BCUT2D eigenvalue weighted by Gasteiger charge is 2.12. The van der Waals surface area contributed by atoms with Crippen LogP contribution in [-0.2, 0) is 17.8 Å². The molecule has 0 aliphatic carbocycles. The Hall–Kier alpha value is -1.95. The van der Waals surface area contributed by atoms with E-state index in [9.17, 15) is 4.79 Å². The molecule has 2 N–H and O–H groups in total. The molecule has 0 atom stereocenters. The monoisotopic (exact) mass is 425 g/mol. The van der Waals surface area contributed by atoms with Crippen LogP contribution in [0, 0.1) is 0 Å². The van der Waals surface area contributed by atoms with Gasteiger partial charge in [0.15, 0.2) is 18.1 Å². The van der Waals surface area contributed by atoms with Crippen molar-refractivity contribution in [2.75, 3.05) is 26.3 Å². The summed E-state index contributed by atoms with van der Waals surface area (Å²) in [6, 6.07) is 13.6. The Morgan fingerprint density at radius 2 is 1.79 bits per heavy atom. The molecule has 0 bridgehead atoms. The second-order valence-electron chi connectivity index (χ2n) is 5.98. The number of nitrogens with one attached hydrogen (secondary N) is 2. The van der Waals surface area contributed by atoms with Gasteiger partial charge in [0.2, 0.25) is 0 Å². The number of amides is 1. The van der Waals surface area contributed by atoms with Gasteiger partial charge in [-0.15, -0.1) is 0 Å². The van der Waals surface area contributed by atoms with E-state index < -0.39 is 0 Å². The van der Waals surface area contributed by atoms with Gasteiger partial charge in [0, 0.05) is 24.2 Å². The van der Waals surface area contributed by atoms with Crippen molar-refractivity contribution in [1.29, 1.82) is 0 Å². The molecule has 0 fully saturated rings. The fraction of sp³-hybridized carbons (Fsp3) is 0.381. The summed E-state index contributed by atoms with van der Waals surface area (Å²) >= 11 is 6.33. The molecule has 154 valence electrons. The van der Waals surface area contributed by atoms with Crippen molar-refractivity contribution in [3.05, 3.63) is 58.6 Å². The predicted octanol–water partition coefficient (Wildman–Crippen LogP) is 0.590. The number of carbonyl (C=O) groups is 1. The molecule has 0 radical (unpaired) electrons. The van der Waals surface area contributed by atoms with E-state index in [2.05, 4.69) is 10.6 Å². The van der Waals surface area contributed by atoms with E-state index in [1.165, 1.54) is 5.56 Å². The van der Waals surface area contributed by atoms with Crippen molar-refractivity contribution in [3.63, 3.8) is 0 Å². The largest absolute Gasteiger partial charge is 1.00 e. The first-order chi connectivity index (χ1) is 13.1. The highest BCUT2D eigenvalue weighted by Crippen LogP contribution is 2.33. The zero-order valence-electron chi connectivity index (χ0n) is 16.3. The molecule has 2 rings (SSSR count). The second kappa shape index (κ2) is 13.3. The molecular formula is C21H27Cl2N2O3-. The third-order valence-corrected chi connectivity index (χ3v) is 4.27. The van der Waals surface area contributed by atoms with E-state index in [1.807, 2.05) is 50.2 Å². The van der Waals surface area contributed by atoms with E-state index in [-0.39, 0.29) is 24.9 Å². The maximum atomic E-state index is 12.0. The maximum absolute atomic E-state index is 12.0. The maximum Gasteiger partial charge on any atom is 0.257 e. The fourth-order valence-corrected chi connectivity index (χ4v) is 2.76. The number of ether oxygens (including phenoxy) is 2. The molecule has 0 aliphatic rings. The van der Waals surface area contributed by atoms with Crippen LogP contribution in [0.5, 0.6) is 11.5 Å². The van der Waals surface area contributed by atoms with Gasteiger partial charge < -0.3 is 32.5 Å². The normalized spacial score (nSPS) is 10.1. The van der Waals surface area contributed by atoms with Gasteiger partial charge in [-0.25, -0.2) is 0 Å². The number of hydrogen-bond acceptors (Lipinski definition) is 4. The highest BCUT2D eigenvalue weighted by molar-refractivity contribution is 6.31. The van der Waals surface area contributed by atoms with Crippen molar-refractivity contribution in [3.8, 4) is 11.5 Å². The first-order valence-electron chi connectivity index (χ1n) is 9.23. The third kappa shape index (κ3) is 7.97. The molecule has 0 heterocycles. The Balaban J connectivity index is 0.00000392. The summed E-state index contributed by atoms with van der Waals surface area (Å²) in [5.41, 5.74) is 2.11. The van der Waals surface area contributed by atoms with Crippen molar-refractivity contribution in [2.24, 2.45) is 0 Å². The number of benzene rings is 2. The van der Waals surface area contributed by atoms with Crippen molar-refractivity contribution in [2.45, 2.75) is 26.8 Å². The molecule has 2 aromatic carbocycles. The van der Waals surface area contributed by atoms with Gasteiger partial charge >= 0.3 is 0 Å². The van der Waals surface area contributed by atoms with Crippen molar-refractivity contribution in [1.82, 2.24) is 10.6 Å². The lowest BCUT2D eigenvalue weighted by Gasteiger charge is -2.15. The summed E-state index contributed by atoms with van der Waals surface area (Å²) in [5.74, 6) is 0.883. The van der Waals surface area contributed by atoms with Crippen LogP contribution >= 0.6 is 11.6 Å². The van der Waals surface area contributed by atoms with Crippen LogP contribution in [0.2, 0.25) is 5.02 Å². The van der Waals surface area contributed by atoms with Crippen molar-refractivity contribution < 1.29 is 26.7 Å². The smallest absolute Gasteiger partial charge is 0.257 e. The first-order valence-corrected chi connectivity index (χ1v) is 9.61. The van der Waals surface area contributed by atoms with Crippen molar-refractivity contribution >= 4 is 17.5 Å². The van der Waals surface area contributed by atoms with Gasteiger partial charge in [-0.2, -0.15) is 0 Å². The molecule has 1 amide bonds. The summed E-state index contributed by atoms with van der Waals surface area (Å²) in [6.07, 6.45) is 0.779. The van der Waals surface area contributed by atoms with E-state index >= 15 is 0 Å². The molecular weight excluding hydrogens is 399 g/mol. The summed E-state index contributed by atoms with van der Waals surface area (Å²) in [5, 5.41) is 6.68. The molecule has 5 nitrogen and oxygen atoms in total. The third-order valence-electron chi connectivity index (χ3n) is 3.92. The highest BCUT2D eigenvalue weighted by atomic mass is 35.5. The van der Waals surface area contributed by atoms with E-state index in [1.54, 1.807) is 6.07 Å². The molecule has 0 aliphatic heterocycles. The lowest BCUT2D eigenvalue weighted by atomic mass is 10.1. The molecule has 28 heavy (non-hydrogen) atoms. The lowest BCUT2D eigenvalue weighted by molar-refractivity contribution is -0.123. The molecule has 0 spiro atoms. The van der Waals surface area contributed by atoms with Gasteiger partial charge in [0.1, 0.15) is 0 Å². The fourth-order valence-electron chi connectivity index (χ4n) is 2.54. The molecule has 0 unspecified atom stereocenters. The number of halogens is 2. The van der Waals surface area contributed by atoms with Gasteiger partial charge in [-0.05, 0) is 37.1 Å². The Bertz CT molecular complexity index is 727. The zero-order chi connectivity index (χ0) is 19.5. The summed E-state index contributed by atoms with van der Waals surface area (Å²) < 4.78 is 11.3. The lowest BCUT2D eigenvalue weighted by Crippen LogP contribution is -3.00. The Morgan fingerprint density at radius 1 is 1.07 bits per heavy atom. The van der Waals surface area contributed by atoms with Crippen LogP contribution in [0.25, 0.3) is 0 Å². The Kier molecular flexibility index (Phi) is 11.4. The SMILES string of the molecule is CCNCc1cc(OCC)c(OCC(=O)NCCc2ccccc2)cc1Cl.[Cl-]. The molecule has 0 aromatic heterocycles. The molecule has 0 saturated carbocycles. The molecule has 7 heteroatoms. The summed E-state index contributed by atoms with van der Waals surface area (Å²) in [7, 11) is 0. The van der Waals surface area contributed by atoms with Gasteiger partial charge in [0.05, 0.1) is 6.61 Å². The average molecular weight is 426 g/mol. The van der Waals surface area contributed by atoms with Crippen LogP contribution < -0.4 is 32.5 Å². The number of carbonyl (C=O) groups excluding carboxylic acids is 1. The quantitative estimate of drug-likeness (QED) is 0.553. The average Bonchev–Trinajstić information content (AvgIpc) is 2.68. The van der Waals surface area contributed by atoms with Gasteiger partial charge in [0.25, 0.3) is 5.91 Å². The summed E-state index contributed by atoms with van der Waals surface area (Å²) in [6.45, 7) is 6.41. The Morgan fingerprint density at radius 3 is 2.46 bits per heavy atom. The predicted molar refractivity (Wildman–Crippen MR) is 109 cm³/mol. The van der Waals surface area contributed by atoms with Gasteiger partial charge in [-0.1, -0.05) is 48.9 Å². The summed E-state index contributed by atoms with van der Waals surface area (Å²) in [4.78, 5) is 12.0. The minimum absolute atomic E-state index is 0. The zero-order valence-corrected chi connectivity index (χ0v) is 17.8. The molecule has 2 aromatic rings. The number of hydrogen-bond donors (Lipinski definition) is 2. The van der Waals surface area contributed by atoms with Crippen LogP contribution in [0.15, 0.2) is 42.5 Å². The topological polar surface area (TPSA) is 59.6 Å². The standard InChI is InChI=1S/C21H27ClN2O3.ClH/c1-3-23-14-17-12-19(26-4-2)20(13-18(17)22)27-15-21(25)24-11-10-16-8-6-5-7-9-16;/h5-9,12-13,23H,3-4,10-11,14-15H2,1-2H3,(H,24,25);1H/p-1. The van der Waals surface area contributed by atoms with Crippen LogP contribution in [-0.4, -0.2) is 32.2 Å². The van der Waals surface area contributed by atoms with E-state index in [0.29, 0.717) is 36.2 Å². The molecule has 0 saturated heterocycles. The minimum Gasteiger partial charge on any atom is -1.00 e. The van der Waals surface area contributed by atoms with Crippen LogP contribution in [0.1, 0.15) is 25.0 Å². The number of rotatable bonds is 11. The van der Waals surface area contributed by atoms with E-state index in [4.69, 9.17) is 21.1 Å². The van der Waals surface area contributed by atoms with Crippen LogP contribution in [0.3, 0.4) is 0 Å².